The number of hydrogen-bond acceptors (Lipinski definition) is 4. The van der Waals surface area contributed by atoms with Gasteiger partial charge in [0.25, 0.3) is 5.91 Å². The number of thiophene rings is 1. The first-order chi connectivity index (χ1) is 14.1. The molecule has 5 nitrogen and oxygen atoms in total. The molecular formula is C22H21FN2O3S. The highest BCUT2D eigenvalue weighted by Gasteiger charge is 2.37. The van der Waals surface area contributed by atoms with Crippen molar-refractivity contribution in [3.63, 3.8) is 0 Å². The van der Waals surface area contributed by atoms with Gasteiger partial charge in [-0.2, -0.15) is 0 Å². The molecule has 29 heavy (non-hydrogen) atoms. The number of hydrogen-bond donors (Lipinski definition) is 1. The standard InChI is InChI=1S/C22H21FN2O3S/c23-16-9-3-4-10-17(16)25(22(27)18-11-5-13-28-18)20(19-12-6-14-29-19)21(26)24-15-7-1-2-8-15/h3-6,9-15,20H,1-2,7-8H2,(H,24,26)/t20-/m0/s1. The Morgan fingerprint density at radius 1 is 1.10 bits per heavy atom. The number of benzene rings is 1. The first-order valence-electron chi connectivity index (χ1n) is 9.60. The van der Waals surface area contributed by atoms with E-state index in [1.165, 1.54) is 40.7 Å². The first kappa shape index (κ1) is 19.4. The molecular weight excluding hydrogens is 391 g/mol. The third-order valence-electron chi connectivity index (χ3n) is 5.08. The predicted octanol–water partition coefficient (Wildman–Crippen LogP) is 4.93. The van der Waals surface area contributed by atoms with E-state index in [4.69, 9.17) is 4.42 Å². The van der Waals surface area contributed by atoms with Crippen molar-refractivity contribution in [2.75, 3.05) is 4.90 Å². The van der Waals surface area contributed by atoms with Gasteiger partial charge < -0.3 is 9.73 Å². The van der Waals surface area contributed by atoms with E-state index in [0.717, 1.165) is 25.7 Å². The Kier molecular flexibility index (Phi) is 5.76. The molecule has 0 unspecified atom stereocenters. The SMILES string of the molecule is O=C(NC1CCCC1)[C@H](c1cccs1)N(C(=O)c1ccco1)c1ccccc1F. The van der Waals surface area contributed by atoms with Crippen molar-refractivity contribution in [3.05, 3.63) is 76.6 Å². The summed E-state index contributed by atoms with van der Waals surface area (Å²) < 4.78 is 20.0. The molecule has 1 fully saturated rings. The van der Waals surface area contributed by atoms with Gasteiger partial charge in [0.15, 0.2) is 11.8 Å². The van der Waals surface area contributed by atoms with Gasteiger partial charge in [0, 0.05) is 10.9 Å². The van der Waals surface area contributed by atoms with Crippen molar-refractivity contribution in [2.24, 2.45) is 0 Å². The van der Waals surface area contributed by atoms with Crippen LogP contribution in [0.25, 0.3) is 0 Å². The summed E-state index contributed by atoms with van der Waals surface area (Å²) in [5.74, 6) is -1.42. The van der Waals surface area contributed by atoms with Crippen LogP contribution in [0.15, 0.2) is 64.6 Å². The van der Waals surface area contributed by atoms with Gasteiger partial charge in [-0.15, -0.1) is 11.3 Å². The molecule has 0 spiro atoms. The third kappa shape index (κ3) is 4.10. The Balaban J connectivity index is 1.78. The highest BCUT2D eigenvalue weighted by molar-refractivity contribution is 7.10. The number of carbonyl (C=O) groups excluding carboxylic acids is 2. The van der Waals surface area contributed by atoms with Gasteiger partial charge in [-0.1, -0.05) is 31.0 Å². The van der Waals surface area contributed by atoms with E-state index in [1.54, 1.807) is 24.3 Å². The van der Waals surface area contributed by atoms with Gasteiger partial charge >= 0.3 is 0 Å². The van der Waals surface area contributed by atoms with Crippen LogP contribution < -0.4 is 10.2 Å². The Hall–Kier alpha value is -2.93. The molecule has 0 radical (unpaired) electrons. The molecule has 1 aromatic carbocycles. The molecule has 2 amide bonds. The van der Waals surface area contributed by atoms with Crippen molar-refractivity contribution < 1.29 is 18.4 Å². The zero-order valence-corrected chi connectivity index (χ0v) is 16.5. The number of furan rings is 1. The number of nitrogens with one attached hydrogen (secondary N) is 1. The molecule has 1 N–H and O–H groups in total. The van der Waals surface area contributed by atoms with Crippen molar-refractivity contribution in [2.45, 2.75) is 37.8 Å². The lowest BCUT2D eigenvalue weighted by molar-refractivity contribution is -0.123. The van der Waals surface area contributed by atoms with Gasteiger partial charge in [-0.3, -0.25) is 14.5 Å². The minimum Gasteiger partial charge on any atom is -0.459 e. The fraction of sp³-hybridized carbons (Fsp3) is 0.273. The third-order valence-corrected chi connectivity index (χ3v) is 6.01. The zero-order valence-electron chi connectivity index (χ0n) is 15.7. The van der Waals surface area contributed by atoms with Crippen LogP contribution >= 0.6 is 11.3 Å². The second-order valence-corrected chi connectivity index (χ2v) is 7.99. The fourth-order valence-corrected chi connectivity index (χ4v) is 4.52. The number of halogens is 1. The molecule has 3 aromatic rings. The normalized spacial score (nSPS) is 15.2. The van der Waals surface area contributed by atoms with Gasteiger partial charge in [0.2, 0.25) is 5.91 Å². The molecule has 150 valence electrons. The Morgan fingerprint density at radius 2 is 1.90 bits per heavy atom. The average Bonchev–Trinajstić information content (AvgIpc) is 3.49. The van der Waals surface area contributed by atoms with E-state index in [9.17, 15) is 14.0 Å². The second kappa shape index (κ2) is 8.61. The van der Waals surface area contributed by atoms with Crippen LogP contribution in [0.3, 0.4) is 0 Å². The van der Waals surface area contributed by atoms with Crippen LogP contribution in [-0.2, 0) is 4.79 Å². The number of carbonyl (C=O) groups is 2. The molecule has 7 heteroatoms. The number of amides is 2. The van der Waals surface area contributed by atoms with E-state index in [2.05, 4.69) is 5.32 Å². The highest BCUT2D eigenvalue weighted by atomic mass is 32.1. The summed E-state index contributed by atoms with van der Waals surface area (Å²) in [6.07, 6.45) is 5.34. The summed E-state index contributed by atoms with van der Waals surface area (Å²) in [4.78, 5) is 28.5. The van der Waals surface area contributed by atoms with E-state index >= 15 is 0 Å². The molecule has 0 saturated heterocycles. The Bertz CT molecular complexity index is 966. The molecule has 1 atom stereocenters. The lowest BCUT2D eigenvalue weighted by Crippen LogP contribution is -2.46. The van der Waals surface area contributed by atoms with Crippen molar-refractivity contribution in [1.82, 2.24) is 5.32 Å². The number of anilines is 1. The van der Waals surface area contributed by atoms with Crippen LogP contribution in [0.1, 0.15) is 47.2 Å². The number of rotatable bonds is 6. The molecule has 1 saturated carbocycles. The number of para-hydroxylation sites is 1. The van der Waals surface area contributed by atoms with Gasteiger partial charge in [0.05, 0.1) is 12.0 Å². The maximum atomic E-state index is 14.8. The number of nitrogens with zero attached hydrogens (tertiary/aromatic N) is 1. The molecule has 1 aliphatic rings. The smallest absolute Gasteiger partial charge is 0.295 e. The van der Waals surface area contributed by atoms with Crippen LogP contribution in [0.2, 0.25) is 0 Å². The maximum absolute atomic E-state index is 14.8. The van der Waals surface area contributed by atoms with E-state index in [0.29, 0.717) is 4.88 Å². The summed E-state index contributed by atoms with van der Waals surface area (Å²) in [5, 5.41) is 4.89. The summed E-state index contributed by atoms with van der Waals surface area (Å²) in [5.41, 5.74) is 0.0360. The first-order valence-corrected chi connectivity index (χ1v) is 10.5. The van der Waals surface area contributed by atoms with Crippen LogP contribution in [-0.4, -0.2) is 17.9 Å². The molecule has 0 aliphatic heterocycles. The summed E-state index contributed by atoms with van der Waals surface area (Å²) in [6.45, 7) is 0. The zero-order chi connectivity index (χ0) is 20.2. The minimum atomic E-state index is -0.995. The molecule has 2 heterocycles. The quantitative estimate of drug-likeness (QED) is 0.625. The van der Waals surface area contributed by atoms with Gasteiger partial charge in [0.1, 0.15) is 5.82 Å². The molecule has 4 rings (SSSR count). The van der Waals surface area contributed by atoms with E-state index in [-0.39, 0.29) is 23.4 Å². The van der Waals surface area contributed by atoms with Crippen LogP contribution in [0.5, 0.6) is 0 Å². The lowest BCUT2D eigenvalue weighted by Gasteiger charge is -2.31. The molecule has 1 aliphatic carbocycles. The lowest BCUT2D eigenvalue weighted by atomic mass is 10.1. The molecule has 0 bridgehead atoms. The summed E-state index contributed by atoms with van der Waals surface area (Å²) in [7, 11) is 0. The maximum Gasteiger partial charge on any atom is 0.295 e. The van der Waals surface area contributed by atoms with Crippen molar-refractivity contribution >= 4 is 28.8 Å². The van der Waals surface area contributed by atoms with E-state index < -0.39 is 17.8 Å². The van der Waals surface area contributed by atoms with Gasteiger partial charge in [-0.05, 0) is 48.6 Å². The molecule has 2 aromatic heterocycles. The highest BCUT2D eigenvalue weighted by Crippen LogP contribution is 2.34. The summed E-state index contributed by atoms with van der Waals surface area (Å²) in [6, 6.07) is 11.7. The van der Waals surface area contributed by atoms with Gasteiger partial charge in [-0.25, -0.2) is 4.39 Å². The average molecular weight is 412 g/mol. The fourth-order valence-electron chi connectivity index (χ4n) is 3.70. The Morgan fingerprint density at radius 3 is 2.55 bits per heavy atom. The van der Waals surface area contributed by atoms with Crippen molar-refractivity contribution in [1.29, 1.82) is 0 Å². The Labute approximate surface area is 172 Å². The van der Waals surface area contributed by atoms with E-state index in [1.807, 2.05) is 11.4 Å². The summed E-state index contributed by atoms with van der Waals surface area (Å²) >= 11 is 1.35. The van der Waals surface area contributed by atoms with Crippen LogP contribution in [0, 0.1) is 5.82 Å². The van der Waals surface area contributed by atoms with Crippen LogP contribution in [0.4, 0.5) is 10.1 Å². The predicted molar refractivity (Wildman–Crippen MR) is 109 cm³/mol. The second-order valence-electron chi connectivity index (χ2n) is 7.01. The topological polar surface area (TPSA) is 62.6 Å². The monoisotopic (exact) mass is 412 g/mol. The van der Waals surface area contributed by atoms with Crippen molar-refractivity contribution in [3.8, 4) is 0 Å². The largest absolute Gasteiger partial charge is 0.459 e. The minimum absolute atomic E-state index is 0.0360.